The van der Waals surface area contributed by atoms with E-state index in [1.807, 2.05) is 19.2 Å². The number of aromatic nitrogens is 5. The van der Waals surface area contributed by atoms with Crippen LogP contribution in [-0.2, 0) is 38.2 Å². The molecule has 1 atom stereocenters. The van der Waals surface area contributed by atoms with Gasteiger partial charge in [0.1, 0.15) is 19.1 Å². The number of anilines is 2. The highest BCUT2D eigenvalue weighted by Gasteiger charge is 2.39. The Kier molecular flexibility index (Phi) is 21.9. The van der Waals surface area contributed by atoms with Crippen molar-refractivity contribution in [3.63, 3.8) is 0 Å². The molecule has 0 bridgehead atoms. The van der Waals surface area contributed by atoms with Gasteiger partial charge in [-0.3, -0.25) is 14.8 Å². The highest BCUT2D eigenvalue weighted by molar-refractivity contribution is 9.10. The van der Waals surface area contributed by atoms with E-state index in [1.54, 1.807) is 13.8 Å². The van der Waals surface area contributed by atoms with E-state index in [-0.39, 0.29) is 27.1 Å². The van der Waals surface area contributed by atoms with Crippen LogP contribution in [0.1, 0.15) is 43.7 Å². The van der Waals surface area contributed by atoms with Gasteiger partial charge in [0, 0.05) is 25.7 Å². The van der Waals surface area contributed by atoms with E-state index in [0.29, 0.717) is 27.5 Å². The smallest absolute Gasteiger partial charge is 0.434 e. The van der Waals surface area contributed by atoms with Gasteiger partial charge in [-0.1, -0.05) is 11.6 Å². The lowest BCUT2D eigenvalue weighted by Gasteiger charge is -2.14. The number of benzene rings is 1. The maximum Gasteiger partial charge on any atom is 0.434 e. The molecular weight excluding hydrogens is 850 g/mol. The van der Waals surface area contributed by atoms with Crippen LogP contribution in [0.2, 0.25) is 10.3 Å². The number of carbonyl (C=O) groups excluding carboxylic acids is 1. The summed E-state index contributed by atoms with van der Waals surface area (Å²) in [7, 11) is -2.63. The Morgan fingerprint density at radius 2 is 1.60 bits per heavy atom. The Bertz CT molecular complexity index is 1640. The predicted octanol–water partition coefficient (Wildman–Crippen LogP) is 5.27. The summed E-state index contributed by atoms with van der Waals surface area (Å²) in [6, 6.07) is 1.86. The largest absolute Gasteiger partial charge is 0.778 e. The Hall–Kier alpha value is -2.78. The summed E-state index contributed by atoms with van der Waals surface area (Å²) >= 11 is 14.3. The SMILES string of the molecule is CC(C)OC(=O)c1cc(-c2nn(C)c(C(F)(F)F)c2Br)c(F)cc1Cl.CCNc1nc(Cl)nc(NCC)n1.C[S+](C)C.O=C(O)CNCP(=O)([O-])O. The molecular formula is C28H40BrCl2F4N8O7PS. The minimum atomic E-state index is -4.69. The zero-order valence-electron chi connectivity index (χ0n) is 29.2. The number of rotatable bonds is 11. The lowest BCUT2D eigenvalue weighted by molar-refractivity contribution is -0.193. The van der Waals surface area contributed by atoms with Crippen molar-refractivity contribution in [2.75, 3.05) is 55.3 Å². The minimum Gasteiger partial charge on any atom is -0.778 e. The van der Waals surface area contributed by atoms with E-state index in [0.717, 1.165) is 32.3 Å². The maximum atomic E-state index is 14.3. The molecule has 0 saturated heterocycles. The molecule has 0 spiro atoms. The van der Waals surface area contributed by atoms with E-state index in [4.69, 9.17) is 37.9 Å². The summed E-state index contributed by atoms with van der Waals surface area (Å²) < 4.78 is 68.6. The first-order valence-electron chi connectivity index (χ1n) is 14.7. The van der Waals surface area contributed by atoms with Gasteiger partial charge in [-0.05, 0) is 78.3 Å². The van der Waals surface area contributed by atoms with Crippen LogP contribution in [0.5, 0.6) is 0 Å². The van der Waals surface area contributed by atoms with Crippen molar-refractivity contribution >= 4 is 81.5 Å². The van der Waals surface area contributed by atoms with Crippen molar-refractivity contribution < 1.29 is 51.3 Å². The molecule has 0 aliphatic rings. The summed E-state index contributed by atoms with van der Waals surface area (Å²) in [6.07, 6.45) is 0.732. The molecule has 52 heavy (non-hydrogen) atoms. The average molecular weight is 891 g/mol. The maximum absolute atomic E-state index is 14.3. The average Bonchev–Trinajstić information content (AvgIpc) is 3.26. The summed E-state index contributed by atoms with van der Waals surface area (Å²) in [6.45, 7) is 8.18. The normalized spacial score (nSPS) is 12.0. The molecule has 0 radical (unpaired) electrons. The second-order valence-electron chi connectivity index (χ2n) is 10.6. The summed E-state index contributed by atoms with van der Waals surface area (Å²) in [4.78, 5) is 51.7. The first-order valence-corrected chi connectivity index (χ1v) is 20.4. The number of nitrogens with one attached hydrogen (secondary N) is 3. The first kappa shape index (κ1) is 49.2. The molecule has 1 unspecified atom stereocenters. The number of hydrogen-bond acceptors (Lipinski definition) is 12. The minimum absolute atomic E-state index is 0.169. The number of aliphatic carboxylic acids is 1. The highest BCUT2D eigenvalue weighted by Crippen LogP contribution is 2.41. The van der Waals surface area contributed by atoms with Gasteiger partial charge in [0.25, 0.3) is 0 Å². The van der Waals surface area contributed by atoms with Gasteiger partial charge in [-0.15, -0.1) is 0 Å². The molecule has 0 aliphatic heterocycles. The van der Waals surface area contributed by atoms with Gasteiger partial charge in [0.15, 0.2) is 5.69 Å². The van der Waals surface area contributed by atoms with Crippen LogP contribution in [-0.4, -0.2) is 97.5 Å². The van der Waals surface area contributed by atoms with E-state index < -0.39 is 60.6 Å². The molecule has 0 saturated carbocycles. The molecule has 0 fully saturated rings. The molecule has 294 valence electrons. The molecule has 15 nitrogen and oxygen atoms in total. The van der Waals surface area contributed by atoms with Crippen LogP contribution in [0.15, 0.2) is 16.6 Å². The number of carboxylic acids is 1. The fourth-order valence-corrected chi connectivity index (χ4v) is 4.83. The molecule has 2 aromatic heterocycles. The van der Waals surface area contributed by atoms with Gasteiger partial charge in [0.2, 0.25) is 17.2 Å². The van der Waals surface area contributed by atoms with Crippen LogP contribution in [0.25, 0.3) is 11.3 Å². The van der Waals surface area contributed by atoms with E-state index >= 15 is 0 Å². The number of nitrogens with zero attached hydrogens (tertiary/aromatic N) is 5. The number of halogens is 7. The van der Waals surface area contributed by atoms with E-state index in [9.17, 15) is 36.6 Å². The van der Waals surface area contributed by atoms with Gasteiger partial charge in [-0.25, -0.2) is 9.18 Å². The van der Waals surface area contributed by atoms with Crippen LogP contribution >= 0.6 is 46.7 Å². The second-order valence-corrected chi connectivity index (χ2v) is 16.1. The number of aryl methyl sites for hydroxylation is 1. The van der Waals surface area contributed by atoms with Crippen LogP contribution in [0.3, 0.4) is 0 Å². The Labute approximate surface area is 319 Å². The second kappa shape index (κ2) is 23.1. The van der Waals surface area contributed by atoms with E-state index in [2.05, 4.69) is 65.4 Å². The number of carbonyl (C=O) groups is 2. The predicted molar refractivity (Wildman–Crippen MR) is 195 cm³/mol. The number of ether oxygens (including phenoxy) is 1. The van der Waals surface area contributed by atoms with Gasteiger partial charge < -0.3 is 34.8 Å². The van der Waals surface area contributed by atoms with Crippen molar-refractivity contribution in [1.82, 2.24) is 30.0 Å². The Morgan fingerprint density at radius 3 is 1.98 bits per heavy atom. The zero-order valence-corrected chi connectivity index (χ0v) is 34.0. The van der Waals surface area contributed by atoms with E-state index in [1.165, 1.54) is 0 Å². The lowest BCUT2D eigenvalue weighted by Crippen LogP contribution is -2.25. The molecule has 5 N–H and O–H groups in total. The molecule has 24 heteroatoms. The Morgan fingerprint density at radius 1 is 1.10 bits per heavy atom. The van der Waals surface area contributed by atoms with Crippen molar-refractivity contribution in [2.24, 2.45) is 7.05 Å². The lowest BCUT2D eigenvalue weighted by atomic mass is 10.1. The van der Waals surface area contributed by atoms with Crippen molar-refractivity contribution in [1.29, 1.82) is 0 Å². The van der Waals surface area contributed by atoms with Crippen molar-refractivity contribution in [3.05, 3.63) is 44.0 Å². The monoisotopic (exact) mass is 888 g/mol. The van der Waals surface area contributed by atoms with Crippen LogP contribution < -0.4 is 20.8 Å². The molecule has 3 aromatic rings. The third kappa shape index (κ3) is 19.3. The van der Waals surface area contributed by atoms with Gasteiger partial charge in [-0.2, -0.15) is 33.2 Å². The van der Waals surface area contributed by atoms with Crippen LogP contribution in [0.4, 0.5) is 29.5 Å². The molecule has 0 aliphatic carbocycles. The summed E-state index contributed by atoms with van der Waals surface area (Å²) in [5, 5.41) is 19.6. The molecule has 2 heterocycles. The molecule has 1 aromatic carbocycles. The third-order valence-corrected chi connectivity index (χ3v) is 6.85. The van der Waals surface area contributed by atoms with Crippen molar-refractivity contribution in [3.8, 4) is 11.3 Å². The highest BCUT2D eigenvalue weighted by atomic mass is 79.9. The standard InChI is InChI=1S/C15H12BrClF4N2O2.C7H12ClN5.C3H8NO5P.C3H9S/c1-6(2)25-14(24)7-4-8(10(18)5-9(7)17)12-11(16)13(15(19,20)21)23(3)22-12;1-3-9-6-11-5(8)12-7(13-6)10-4-2;5-3(6)1-4-2-10(7,8)9;1-4(2)3/h4-6H,1-3H3;3-4H2,1-2H3,(H2,9,10,11,12,13);4H,1-2H2,(H,5,6)(H2,7,8,9);1-3H3/q;;;+1/p-1. The quantitative estimate of drug-likeness (QED) is 0.0718. The molecule has 3 rings (SSSR count). The fourth-order valence-electron chi connectivity index (χ4n) is 3.27. The first-order chi connectivity index (χ1) is 23.8. The number of carboxylic acid groups (broad SMARTS) is 1. The summed E-state index contributed by atoms with van der Waals surface area (Å²) in [5.74, 6) is -1.91. The number of alkyl halides is 3. The van der Waals surface area contributed by atoms with Crippen molar-refractivity contribution in [2.45, 2.75) is 40.0 Å². The molecule has 0 amide bonds. The third-order valence-electron chi connectivity index (χ3n) is 5.00. The van der Waals surface area contributed by atoms with Gasteiger partial charge in [0.05, 0.1) is 52.8 Å². The van der Waals surface area contributed by atoms with Gasteiger partial charge >= 0.3 is 18.1 Å². The fraction of sp³-hybridized carbons (Fsp3) is 0.500. The topological polar surface area (TPSA) is 217 Å². The number of hydrogen-bond donors (Lipinski definition) is 5. The number of esters is 1. The Balaban J connectivity index is 0.000000802. The van der Waals surface area contributed by atoms with Crippen LogP contribution in [0, 0.1) is 5.82 Å². The summed E-state index contributed by atoms with van der Waals surface area (Å²) in [5.41, 5.74) is -1.86. The zero-order chi connectivity index (χ0) is 40.6.